The molecule has 1 amide bonds. The summed E-state index contributed by atoms with van der Waals surface area (Å²) in [5, 5.41) is 3.97. The van der Waals surface area contributed by atoms with Crippen molar-refractivity contribution in [3.8, 4) is 0 Å². The summed E-state index contributed by atoms with van der Waals surface area (Å²) in [7, 11) is -0.544. The van der Waals surface area contributed by atoms with Crippen molar-refractivity contribution < 1.29 is 31.1 Å². The van der Waals surface area contributed by atoms with Gasteiger partial charge in [-0.1, -0.05) is 17.7 Å². The molecule has 1 saturated heterocycles. The largest absolute Gasteiger partial charge is 0.414 e. The Balaban J connectivity index is 1.46. The Morgan fingerprint density at radius 2 is 1.92 bits per heavy atom. The quantitative estimate of drug-likeness (QED) is 0.543. The third kappa shape index (κ3) is 6.21. The van der Waals surface area contributed by atoms with Crippen LogP contribution < -0.4 is 5.32 Å². The van der Waals surface area contributed by atoms with E-state index < -0.39 is 33.9 Å². The zero-order chi connectivity index (χ0) is 27.0. The topological polar surface area (TPSA) is 88.6 Å². The minimum atomic E-state index is -4.75. The number of carbonyl (C=O) groups is 1. The molecule has 202 valence electrons. The van der Waals surface area contributed by atoms with Gasteiger partial charge in [0.05, 0.1) is 35.7 Å². The first-order valence-electron chi connectivity index (χ1n) is 11.9. The minimum Gasteiger partial charge on any atom is -0.380 e. The van der Waals surface area contributed by atoms with Gasteiger partial charge >= 0.3 is 6.18 Å². The lowest BCUT2D eigenvalue weighted by atomic mass is 9.99. The number of aromatic nitrogens is 1. The van der Waals surface area contributed by atoms with E-state index in [0.29, 0.717) is 28.6 Å². The number of methoxy groups -OCH3 is 1. The highest BCUT2D eigenvalue weighted by atomic mass is 35.5. The summed E-state index contributed by atoms with van der Waals surface area (Å²) in [4.78, 5) is 17.5. The summed E-state index contributed by atoms with van der Waals surface area (Å²) < 4.78 is 70.7. The number of hydrogen-bond donors (Lipinski definition) is 1. The Kier molecular flexibility index (Phi) is 8.06. The molecule has 4 rings (SSSR count). The van der Waals surface area contributed by atoms with E-state index in [0.717, 1.165) is 30.2 Å². The highest BCUT2D eigenvalue weighted by Crippen LogP contribution is 2.38. The second-order valence-corrected chi connectivity index (χ2v) is 12.3. The fourth-order valence-corrected chi connectivity index (χ4v) is 6.89. The van der Waals surface area contributed by atoms with Crippen molar-refractivity contribution in [2.45, 2.75) is 50.6 Å². The number of nitrogens with zero attached hydrogens (tertiary/aromatic N) is 2. The van der Waals surface area contributed by atoms with Gasteiger partial charge in [0, 0.05) is 31.1 Å². The van der Waals surface area contributed by atoms with Gasteiger partial charge in [-0.15, -0.1) is 0 Å². The SMILES string of the molecule is COCc1c(Cl)ccc2c1CC(Nc1ccc([C@H](N(C)C(=O)C3CCS(=O)(=O)CC3)C(F)(F)F)nc1)C2. The maximum atomic E-state index is 14.1. The normalized spacial score (nSPS) is 20.3. The van der Waals surface area contributed by atoms with Crippen molar-refractivity contribution in [3.63, 3.8) is 0 Å². The third-order valence-corrected chi connectivity index (χ3v) is 9.13. The van der Waals surface area contributed by atoms with E-state index in [9.17, 15) is 26.4 Å². The van der Waals surface area contributed by atoms with E-state index in [2.05, 4.69) is 10.3 Å². The van der Waals surface area contributed by atoms with Crippen LogP contribution in [0.2, 0.25) is 5.02 Å². The molecular formula is C25H29ClF3N3O4S. The predicted molar refractivity (Wildman–Crippen MR) is 134 cm³/mol. The molecule has 1 N–H and O–H groups in total. The van der Waals surface area contributed by atoms with Crippen molar-refractivity contribution >= 4 is 33.0 Å². The van der Waals surface area contributed by atoms with Gasteiger partial charge in [-0.2, -0.15) is 13.2 Å². The van der Waals surface area contributed by atoms with E-state index in [4.69, 9.17) is 16.3 Å². The fraction of sp³-hybridized carbons (Fsp3) is 0.520. The van der Waals surface area contributed by atoms with Crippen LogP contribution in [-0.4, -0.2) is 62.1 Å². The predicted octanol–water partition coefficient (Wildman–Crippen LogP) is 4.35. The van der Waals surface area contributed by atoms with E-state index in [-0.39, 0.29) is 36.1 Å². The third-order valence-electron chi connectivity index (χ3n) is 7.06. The highest BCUT2D eigenvalue weighted by Gasteiger charge is 2.47. The van der Waals surface area contributed by atoms with Gasteiger partial charge in [0.25, 0.3) is 0 Å². The number of ether oxygens (including phenoxy) is 1. The number of fused-ring (bicyclic) bond motifs is 1. The molecule has 2 atom stereocenters. The maximum Gasteiger partial charge on any atom is 0.414 e. The number of hydrogen-bond acceptors (Lipinski definition) is 6. The Morgan fingerprint density at radius 1 is 1.22 bits per heavy atom. The number of pyridine rings is 1. The standard InChI is InChI=1S/C25H29ClF3N3O4S/c1-32(24(33)15-7-9-37(34,35)10-8-15)23(25(27,28)29)22-6-4-17(13-30-22)31-18-11-16-3-5-21(26)20(14-36-2)19(16)12-18/h3-6,13,15,18,23,31H,7-12,14H2,1-2H3/t18?,23-/m0/s1. The summed E-state index contributed by atoms with van der Waals surface area (Å²) in [5.41, 5.74) is 3.46. The number of alkyl halides is 3. The van der Waals surface area contributed by atoms with Crippen LogP contribution in [0, 0.1) is 5.92 Å². The molecule has 1 aromatic carbocycles. The lowest BCUT2D eigenvalue weighted by Crippen LogP contribution is -2.44. The molecule has 12 heteroatoms. The van der Waals surface area contributed by atoms with Crippen LogP contribution in [0.3, 0.4) is 0 Å². The summed E-state index contributed by atoms with van der Waals surface area (Å²) in [6.45, 7) is 0.396. The number of halogens is 4. The second kappa shape index (κ2) is 10.8. The van der Waals surface area contributed by atoms with Gasteiger partial charge in [0.1, 0.15) is 9.84 Å². The minimum absolute atomic E-state index is 0.0157. The molecule has 0 bridgehead atoms. The molecule has 1 aromatic heterocycles. The first-order valence-corrected chi connectivity index (χ1v) is 14.1. The Morgan fingerprint density at radius 3 is 2.51 bits per heavy atom. The summed E-state index contributed by atoms with van der Waals surface area (Å²) in [5.74, 6) is -1.89. The molecule has 2 heterocycles. The first kappa shape index (κ1) is 27.7. The highest BCUT2D eigenvalue weighted by molar-refractivity contribution is 7.91. The summed E-state index contributed by atoms with van der Waals surface area (Å²) >= 11 is 6.33. The van der Waals surface area contributed by atoms with Crippen LogP contribution in [0.15, 0.2) is 30.5 Å². The zero-order valence-corrected chi connectivity index (χ0v) is 22.1. The van der Waals surface area contributed by atoms with Crippen LogP contribution in [0.5, 0.6) is 0 Å². The number of sulfone groups is 1. The van der Waals surface area contributed by atoms with Crippen molar-refractivity contribution in [2.75, 3.05) is 31.0 Å². The Bertz CT molecular complexity index is 1240. The molecule has 2 aromatic rings. The molecule has 7 nitrogen and oxygen atoms in total. The first-order chi connectivity index (χ1) is 17.4. The van der Waals surface area contributed by atoms with Crippen LogP contribution in [0.4, 0.5) is 18.9 Å². The Labute approximate surface area is 219 Å². The van der Waals surface area contributed by atoms with Gasteiger partial charge in [0.2, 0.25) is 5.91 Å². The zero-order valence-electron chi connectivity index (χ0n) is 20.5. The molecular weight excluding hydrogens is 531 g/mol. The number of anilines is 1. The smallest absolute Gasteiger partial charge is 0.380 e. The fourth-order valence-electron chi connectivity index (χ4n) is 5.17. The molecule has 1 fully saturated rings. The maximum absolute atomic E-state index is 14.1. The van der Waals surface area contributed by atoms with E-state index in [1.54, 1.807) is 7.11 Å². The Hall–Kier alpha value is -2.37. The van der Waals surface area contributed by atoms with E-state index in [1.165, 1.54) is 18.3 Å². The van der Waals surface area contributed by atoms with Crippen LogP contribution in [0.25, 0.3) is 0 Å². The van der Waals surface area contributed by atoms with E-state index in [1.807, 2.05) is 12.1 Å². The van der Waals surface area contributed by atoms with Gasteiger partial charge in [-0.05, 0) is 60.6 Å². The molecule has 37 heavy (non-hydrogen) atoms. The molecule has 1 aliphatic heterocycles. The van der Waals surface area contributed by atoms with Crippen molar-refractivity contribution in [1.29, 1.82) is 0 Å². The monoisotopic (exact) mass is 559 g/mol. The van der Waals surface area contributed by atoms with Gasteiger partial charge in [0.15, 0.2) is 6.04 Å². The van der Waals surface area contributed by atoms with E-state index >= 15 is 0 Å². The van der Waals surface area contributed by atoms with Crippen molar-refractivity contribution in [3.05, 3.63) is 57.9 Å². The lowest BCUT2D eigenvalue weighted by Gasteiger charge is -2.33. The number of nitrogens with one attached hydrogen (secondary N) is 1. The average molecular weight is 560 g/mol. The number of amides is 1. The van der Waals surface area contributed by atoms with Crippen molar-refractivity contribution in [1.82, 2.24) is 9.88 Å². The number of benzene rings is 1. The van der Waals surface area contributed by atoms with Gasteiger partial charge in [-0.3, -0.25) is 9.78 Å². The van der Waals surface area contributed by atoms with Gasteiger partial charge in [-0.25, -0.2) is 8.42 Å². The number of carbonyl (C=O) groups excluding carboxylic acids is 1. The van der Waals surface area contributed by atoms with Crippen LogP contribution >= 0.6 is 11.6 Å². The second-order valence-electron chi connectivity index (χ2n) is 9.64. The molecule has 1 unspecified atom stereocenters. The van der Waals surface area contributed by atoms with Crippen LogP contribution in [-0.2, 0) is 38.8 Å². The molecule has 0 radical (unpaired) electrons. The number of rotatable bonds is 7. The lowest BCUT2D eigenvalue weighted by molar-refractivity contribution is -0.191. The van der Waals surface area contributed by atoms with Crippen molar-refractivity contribution in [2.24, 2.45) is 5.92 Å². The molecule has 2 aliphatic rings. The summed E-state index contributed by atoms with van der Waals surface area (Å²) in [6.07, 6.45) is -1.95. The average Bonchev–Trinajstić information content (AvgIpc) is 3.23. The van der Waals surface area contributed by atoms with Crippen LogP contribution in [0.1, 0.15) is 41.3 Å². The summed E-state index contributed by atoms with van der Waals surface area (Å²) in [6, 6.07) is 4.39. The molecule has 0 spiro atoms. The molecule has 1 aliphatic carbocycles. The molecule has 0 saturated carbocycles. The van der Waals surface area contributed by atoms with Gasteiger partial charge < -0.3 is 15.0 Å².